The number of carbonyl (C=O) groups excluding carboxylic acids is 1. The van der Waals surface area contributed by atoms with Crippen LogP contribution in [0.3, 0.4) is 0 Å². The van der Waals surface area contributed by atoms with Gasteiger partial charge in [-0.2, -0.15) is 5.10 Å². The van der Waals surface area contributed by atoms with Gasteiger partial charge in [0.05, 0.1) is 17.8 Å². The molecule has 0 atom stereocenters. The Bertz CT molecular complexity index is 604. The molecule has 2 aromatic rings. The molecule has 0 unspecified atom stereocenters. The van der Waals surface area contributed by atoms with Gasteiger partial charge in [-0.15, -0.1) is 0 Å². The maximum atomic E-state index is 13.2. The topological polar surface area (TPSA) is 44.1 Å². The number of methoxy groups -OCH3 is 1. The third-order valence-corrected chi connectivity index (χ3v) is 3.33. The summed E-state index contributed by atoms with van der Waals surface area (Å²) in [5.41, 5.74) is 0.741. The number of ketones is 1. The van der Waals surface area contributed by atoms with Gasteiger partial charge >= 0.3 is 0 Å². The molecule has 0 amide bonds. The molecule has 0 bridgehead atoms. The molecular formula is C13H12BrFN2O2. The zero-order valence-electron chi connectivity index (χ0n) is 10.5. The first-order valence-electron chi connectivity index (χ1n) is 5.68. The van der Waals surface area contributed by atoms with Gasteiger partial charge in [-0.1, -0.05) is 0 Å². The van der Waals surface area contributed by atoms with Gasteiger partial charge in [0.2, 0.25) is 5.78 Å². The molecule has 1 heterocycles. The number of hydrogen-bond donors (Lipinski definition) is 0. The second-order valence-electron chi connectivity index (χ2n) is 3.84. The third-order valence-electron chi connectivity index (χ3n) is 2.72. The Hall–Kier alpha value is -1.69. The molecule has 19 heavy (non-hydrogen) atoms. The van der Waals surface area contributed by atoms with Crippen molar-refractivity contribution >= 4 is 21.7 Å². The highest BCUT2D eigenvalue weighted by atomic mass is 79.9. The Balaban J connectivity index is 2.49. The number of rotatable bonds is 4. The Morgan fingerprint density at radius 1 is 1.53 bits per heavy atom. The first-order valence-corrected chi connectivity index (χ1v) is 6.47. The van der Waals surface area contributed by atoms with Crippen molar-refractivity contribution in [3.8, 4) is 5.75 Å². The van der Waals surface area contributed by atoms with Gasteiger partial charge < -0.3 is 4.74 Å². The molecule has 0 spiro atoms. The van der Waals surface area contributed by atoms with E-state index in [1.54, 1.807) is 4.68 Å². The van der Waals surface area contributed by atoms with E-state index in [-0.39, 0.29) is 10.3 Å². The average Bonchev–Trinajstić information content (AvgIpc) is 2.83. The van der Waals surface area contributed by atoms with Crippen LogP contribution in [0.25, 0.3) is 0 Å². The van der Waals surface area contributed by atoms with Crippen molar-refractivity contribution in [2.75, 3.05) is 7.11 Å². The molecule has 0 radical (unpaired) electrons. The van der Waals surface area contributed by atoms with Crippen LogP contribution < -0.4 is 4.74 Å². The molecular weight excluding hydrogens is 315 g/mol. The van der Waals surface area contributed by atoms with Gasteiger partial charge in [-0.05, 0) is 41.1 Å². The van der Waals surface area contributed by atoms with E-state index in [9.17, 15) is 9.18 Å². The lowest BCUT2D eigenvalue weighted by molar-refractivity contribution is 0.102. The van der Waals surface area contributed by atoms with E-state index >= 15 is 0 Å². The molecule has 100 valence electrons. The highest BCUT2D eigenvalue weighted by Gasteiger charge is 2.21. The number of nitrogens with zero attached hydrogens (tertiary/aromatic N) is 2. The van der Waals surface area contributed by atoms with Crippen LogP contribution in [-0.2, 0) is 6.54 Å². The van der Waals surface area contributed by atoms with Crippen LogP contribution >= 0.6 is 15.9 Å². The number of benzene rings is 1. The van der Waals surface area contributed by atoms with E-state index in [4.69, 9.17) is 4.74 Å². The summed E-state index contributed by atoms with van der Waals surface area (Å²) in [5, 5.41) is 4.08. The summed E-state index contributed by atoms with van der Waals surface area (Å²) in [5.74, 6) is -0.253. The van der Waals surface area contributed by atoms with Crippen molar-refractivity contribution in [1.82, 2.24) is 9.78 Å². The molecule has 0 aliphatic heterocycles. The van der Waals surface area contributed by atoms with Gasteiger partial charge in [0.1, 0.15) is 5.82 Å². The van der Waals surface area contributed by atoms with Crippen molar-refractivity contribution < 1.29 is 13.9 Å². The number of carbonyl (C=O) groups is 1. The number of aromatic nitrogens is 2. The maximum Gasteiger partial charge on any atom is 0.214 e. The smallest absolute Gasteiger partial charge is 0.214 e. The van der Waals surface area contributed by atoms with Crippen molar-refractivity contribution in [3.05, 3.63) is 45.9 Å². The molecule has 0 aliphatic carbocycles. The lowest BCUT2D eigenvalue weighted by Crippen LogP contribution is -2.12. The molecule has 2 rings (SSSR count). The first-order chi connectivity index (χ1) is 9.08. The van der Waals surface area contributed by atoms with Crippen molar-refractivity contribution in [2.24, 2.45) is 0 Å². The average molecular weight is 327 g/mol. The summed E-state index contributed by atoms with van der Waals surface area (Å²) in [6.07, 6.45) is 1.50. The van der Waals surface area contributed by atoms with Crippen LogP contribution in [0.1, 0.15) is 23.0 Å². The molecule has 1 aromatic carbocycles. The van der Waals surface area contributed by atoms with E-state index in [1.807, 2.05) is 6.92 Å². The quantitative estimate of drug-likeness (QED) is 0.811. The Kier molecular flexibility index (Phi) is 3.99. The molecule has 6 heteroatoms. The van der Waals surface area contributed by atoms with E-state index < -0.39 is 5.82 Å². The van der Waals surface area contributed by atoms with Crippen LogP contribution in [-0.4, -0.2) is 22.7 Å². The number of ether oxygens (including phenoxy) is 1. The standard InChI is InChI=1S/C13H12BrFN2O2/c1-3-17-12(11(19-2)7-16-17)13(18)8-4-5-10(15)9(14)6-8/h4-7H,3H2,1-2H3. The summed E-state index contributed by atoms with van der Waals surface area (Å²) in [6, 6.07) is 4.13. The fourth-order valence-corrected chi connectivity index (χ4v) is 2.14. The van der Waals surface area contributed by atoms with Gasteiger partial charge in [0, 0.05) is 12.1 Å². The number of aryl methyl sites for hydroxylation is 1. The van der Waals surface area contributed by atoms with Crippen LogP contribution in [0.2, 0.25) is 0 Å². The summed E-state index contributed by atoms with van der Waals surface area (Å²) in [7, 11) is 1.48. The van der Waals surface area contributed by atoms with Crippen LogP contribution in [0.5, 0.6) is 5.75 Å². The molecule has 0 saturated heterocycles. The zero-order chi connectivity index (χ0) is 14.0. The Morgan fingerprint density at radius 2 is 2.26 bits per heavy atom. The van der Waals surface area contributed by atoms with E-state index in [1.165, 1.54) is 31.5 Å². The number of halogens is 2. The Labute approximate surface area is 118 Å². The van der Waals surface area contributed by atoms with Crippen molar-refractivity contribution in [1.29, 1.82) is 0 Å². The van der Waals surface area contributed by atoms with Gasteiger partial charge in [-0.3, -0.25) is 9.48 Å². The monoisotopic (exact) mass is 326 g/mol. The normalized spacial score (nSPS) is 10.5. The fraction of sp³-hybridized carbons (Fsp3) is 0.231. The first kappa shape index (κ1) is 13.7. The van der Waals surface area contributed by atoms with Gasteiger partial charge in [-0.25, -0.2) is 4.39 Å². The predicted octanol–water partition coefficient (Wildman–Crippen LogP) is 3.04. The fourth-order valence-electron chi connectivity index (χ4n) is 1.76. The molecule has 0 aliphatic rings. The minimum absolute atomic E-state index is 0.250. The summed E-state index contributed by atoms with van der Waals surface area (Å²) in [4.78, 5) is 12.4. The molecule has 4 nitrogen and oxygen atoms in total. The lowest BCUT2D eigenvalue weighted by atomic mass is 10.1. The van der Waals surface area contributed by atoms with Gasteiger partial charge in [0.15, 0.2) is 11.4 Å². The maximum absolute atomic E-state index is 13.2. The van der Waals surface area contributed by atoms with E-state index in [0.717, 1.165) is 0 Å². The van der Waals surface area contributed by atoms with Crippen LogP contribution in [0.15, 0.2) is 28.9 Å². The van der Waals surface area contributed by atoms with Crippen LogP contribution in [0, 0.1) is 5.82 Å². The largest absolute Gasteiger partial charge is 0.493 e. The minimum atomic E-state index is -0.410. The third kappa shape index (κ3) is 2.53. The van der Waals surface area contributed by atoms with Crippen LogP contribution in [0.4, 0.5) is 4.39 Å². The molecule has 1 aromatic heterocycles. The summed E-state index contributed by atoms with van der Waals surface area (Å²) < 4.78 is 20.1. The van der Waals surface area contributed by atoms with Crippen molar-refractivity contribution in [3.63, 3.8) is 0 Å². The predicted molar refractivity (Wildman–Crippen MR) is 72.0 cm³/mol. The summed E-state index contributed by atoms with van der Waals surface area (Å²) in [6.45, 7) is 2.43. The summed E-state index contributed by atoms with van der Waals surface area (Å²) >= 11 is 3.07. The van der Waals surface area contributed by atoms with E-state index in [2.05, 4.69) is 21.0 Å². The molecule has 0 fully saturated rings. The van der Waals surface area contributed by atoms with E-state index in [0.29, 0.717) is 23.6 Å². The minimum Gasteiger partial charge on any atom is -0.493 e. The molecule has 0 saturated carbocycles. The lowest BCUT2D eigenvalue weighted by Gasteiger charge is -2.07. The second kappa shape index (κ2) is 5.52. The SMILES string of the molecule is CCn1ncc(OC)c1C(=O)c1ccc(F)c(Br)c1. The zero-order valence-corrected chi connectivity index (χ0v) is 12.1. The second-order valence-corrected chi connectivity index (χ2v) is 4.69. The Morgan fingerprint density at radius 3 is 2.84 bits per heavy atom. The van der Waals surface area contributed by atoms with Crippen molar-refractivity contribution in [2.45, 2.75) is 13.5 Å². The highest BCUT2D eigenvalue weighted by Crippen LogP contribution is 2.24. The highest BCUT2D eigenvalue weighted by molar-refractivity contribution is 9.10. The molecule has 0 N–H and O–H groups in total. The van der Waals surface area contributed by atoms with Gasteiger partial charge in [0.25, 0.3) is 0 Å². The number of hydrogen-bond acceptors (Lipinski definition) is 3.